The van der Waals surface area contributed by atoms with Crippen LogP contribution in [0.25, 0.3) is 0 Å². The molecular formula is C13H21BF2O6. The zero-order chi connectivity index (χ0) is 17.7. The van der Waals surface area contributed by atoms with Gasteiger partial charge >= 0.3 is 7.32 Å². The maximum absolute atomic E-state index is 13.7. The molecule has 126 valence electrons. The third kappa shape index (κ3) is 5.86. The van der Waals surface area contributed by atoms with Crippen LogP contribution in [0.1, 0.15) is 26.3 Å². The Labute approximate surface area is 127 Å². The molecule has 1 unspecified atom stereocenters. The van der Waals surface area contributed by atoms with Crippen molar-refractivity contribution >= 4 is 7.32 Å². The van der Waals surface area contributed by atoms with Crippen molar-refractivity contribution in [2.75, 3.05) is 7.11 Å². The van der Waals surface area contributed by atoms with E-state index in [0.29, 0.717) is 0 Å². The van der Waals surface area contributed by atoms with Crippen LogP contribution >= 0.6 is 0 Å². The largest absolute Gasteiger partial charge is 0.631 e. The molecule has 6 nitrogen and oxygen atoms in total. The summed E-state index contributed by atoms with van der Waals surface area (Å²) in [6.07, 6.45) is -0.261. The Morgan fingerprint density at radius 1 is 1.09 bits per heavy atom. The van der Waals surface area contributed by atoms with E-state index in [-0.39, 0.29) is 17.7 Å². The molecule has 1 rings (SSSR count). The number of ether oxygens (including phenoxy) is 1. The van der Waals surface area contributed by atoms with Gasteiger partial charge in [-0.25, -0.2) is 8.78 Å². The van der Waals surface area contributed by atoms with E-state index in [4.69, 9.17) is 19.8 Å². The molecule has 0 fully saturated rings. The van der Waals surface area contributed by atoms with Gasteiger partial charge in [-0.15, -0.1) is 0 Å². The molecule has 0 saturated heterocycles. The standard InChI is InChI=1S/C13H18F2O3.BH3O3/c1-12(2,16)13(3,17)7-8-10(18-4)6-5-9(14)11(8)15;2-1(3)4/h5-6,16-17H,7H2,1-4H3;2-4H. The van der Waals surface area contributed by atoms with Crippen molar-refractivity contribution in [2.45, 2.75) is 38.4 Å². The number of halogens is 2. The average Bonchev–Trinajstić information content (AvgIpc) is 2.33. The topological polar surface area (TPSA) is 110 Å². The van der Waals surface area contributed by atoms with E-state index in [1.165, 1.54) is 33.9 Å². The second-order valence-corrected chi connectivity index (χ2v) is 5.40. The van der Waals surface area contributed by atoms with Crippen molar-refractivity contribution in [1.29, 1.82) is 0 Å². The Hall–Kier alpha value is -1.26. The summed E-state index contributed by atoms with van der Waals surface area (Å²) in [7, 11) is -0.838. The first kappa shape index (κ1) is 20.7. The lowest BCUT2D eigenvalue weighted by Crippen LogP contribution is -2.49. The third-order valence-corrected chi connectivity index (χ3v) is 3.21. The predicted molar refractivity (Wildman–Crippen MR) is 75.9 cm³/mol. The van der Waals surface area contributed by atoms with Gasteiger partial charge in [0.2, 0.25) is 0 Å². The Balaban J connectivity index is 0.000000980. The molecule has 0 radical (unpaired) electrons. The quantitative estimate of drug-likeness (QED) is 0.499. The summed E-state index contributed by atoms with van der Waals surface area (Å²) in [5.74, 6) is -1.95. The minimum atomic E-state index is -2.17. The van der Waals surface area contributed by atoms with Crippen LogP contribution in [0.5, 0.6) is 5.75 Å². The molecule has 0 aliphatic carbocycles. The van der Waals surface area contributed by atoms with Gasteiger partial charge in [-0.1, -0.05) is 0 Å². The van der Waals surface area contributed by atoms with Crippen LogP contribution in [0.3, 0.4) is 0 Å². The van der Waals surface area contributed by atoms with Gasteiger partial charge < -0.3 is 30.0 Å². The first-order valence-electron chi connectivity index (χ1n) is 6.33. The lowest BCUT2D eigenvalue weighted by molar-refractivity contribution is -0.119. The Bertz CT molecular complexity index is 485. The zero-order valence-electron chi connectivity index (χ0n) is 12.8. The van der Waals surface area contributed by atoms with Crippen molar-refractivity contribution in [3.63, 3.8) is 0 Å². The zero-order valence-corrected chi connectivity index (χ0v) is 12.8. The summed E-state index contributed by atoms with van der Waals surface area (Å²) in [6.45, 7) is 4.16. The Morgan fingerprint density at radius 2 is 1.55 bits per heavy atom. The maximum atomic E-state index is 13.7. The number of benzene rings is 1. The first-order valence-corrected chi connectivity index (χ1v) is 6.33. The van der Waals surface area contributed by atoms with Crippen molar-refractivity contribution in [3.8, 4) is 5.75 Å². The molecule has 0 saturated carbocycles. The first-order chi connectivity index (χ1) is 9.83. The second kappa shape index (κ2) is 7.84. The smallest absolute Gasteiger partial charge is 0.496 e. The highest BCUT2D eigenvalue weighted by Crippen LogP contribution is 2.32. The van der Waals surface area contributed by atoms with Crippen LogP contribution in [0.4, 0.5) is 8.78 Å². The minimum Gasteiger partial charge on any atom is -0.496 e. The molecule has 9 heteroatoms. The van der Waals surface area contributed by atoms with Crippen LogP contribution in [-0.4, -0.2) is 50.9 Å². The van der Waals surface area contributed by atoms with Gasteiger partial charge in [0, 0.05) is 12.0 Å². The molecule has 22 heavy (non-hydrogen) atoms. The monoisotopic (exact) mass is 322 g/mol. The lowest BCUT2D eigenvalue weighted by atomic mass is 9.82. The lowest BCUT2D eigenvalue weighted by Gasteiger charge is -2.36. The number of hydrogen-bond acceptors (Lipinski definition) is 6. The van der Waals surface area contributed by atoms with Gasteiger partial charge in [0.1, 0.15) is 5.75 Å². The van der Waals surface area contributed by atoms with Gasteiger partial charge in [-0.2, -0.15) is 0 Å². The molecule has 1 aromatic carbocycles. The third-order valence-electron chi connectivity index (χ3n) is 3.21. The Kier molecular flexibility index (Phi) is 7.39. The van der Waals surface area contributed by atoms with E-state index in [0.717, 1.165) is 6.07 Å². The van der Waals surface area contributed by atoms with Crippen molar-refractivity contribution < 1.29 is 38.8 Å². The van der Waals surface area contributed by atoms with Crippen LogP contribution in [0.2, 0.25) is 0 Å². The highest BCUT2D eigenvalue weighted by Gasteiger charge is 2.39. The molecule has 0 bridgehead atoms. The molecule has 0 aromatic heterocycles. The van der Waals surface area contributed by atoms with E-state index >= 15 is 0 Å². The van der Waals surface area contributed by atoms with Gasteiger partial charge in [0.05, 0.1) is 18.3 Å². The van der Waals surface area contributed by atoms with E-state index in [1.807, 2.05) is 0 Å². The van der Waals surface area contributed by atoms with Gasteiger partial charge in [0.25, 0.3) is 0 Å². The fourth-order valence-corrected chi connectivity index (χ4v) is 1.49. The normalized spacial score (nSPS) is 13.8. The number of aliphatic hydroxyl groups is 2. The van der Waals surface area contributed by atoms with Crippen molar-refractivity contribution in [2.24, 2.45) is 0 Å². The molecule has 1 aromatic rings. The minimum absolute atomic E-state index is 0.0929. The summed E-state index contributed by atoms with van der Waals surface area (Å²) in [5.41, 5.74) is -3.17. The van der Waals surface area contributed by atoms with Gasteiger partial charge in [0.15, 0.2) is 11.6 Å². The summed E-state index contributed by atoms with van der Waals surface area (Å²) in [5, 5.41) is 41.5. The average molecular weight is 322 g/mol. The van der Waals surface area contributed by atoms with Crippen LogP contribution in [0, 0.1) is 11.6 Å². The van der Waals surface area contributed by atoms with E-state index in [9.17, 15) is 19.0 Å². The van der Waals surface area contributed by atoms with Crippen LogP contribution < -0.4 is 4.74 Å². The molecular weight excluding hydrogens is 301 g/mol. The van der Waals surface area contributed by atoms with Gasteiger partial charge in [-0.05, 0) is 32.9 Å². The fraction of sp³-hybridized carbons (Fsp3) is 0.538. The van der Waals surface area contributed by atoms with Gasteiger partial charge in [-0.3, -0.25) is 0 Å². The number of hydrogen-bond donors (Lipinski definition) is 5. The molecule has 5 N–H and O–H groups in total. The van der Waals surface area contributed by atoms with Crippen LogP contribution in [0.15, 0.2) is 12.1 Å². The van der Waals surface area contributed by atoms with E-state index in [2.05, 4.69) is 0 Å². The van der Waals surface area contributed by atoms with E-state index < -0.39 is 30.2 Å². The van der Waals surface area contributed by atoms with E-state index in [1.54, 1.807) is 0 Å². The summed E-state index contributed by atoms with van der Waals surface area (Å²) in [6, 6.07) is 2.24. The highest BCUT2D eigenvalue weighted by molar-refractivity contribution is 6.30. The summed E-state index contributed by atoms with van der Waals surface area (Å²) >= 11 is 0. The molecule has 0 spiro atoms. The highest BCUT2D eigenvalue weighted by atomic mass is 19.2. The molecule has 1 atom stereocenters. The second-order valence-electron chi connectivity index (χ2n) is 5.40. The molecule has 0 heterocycles. The number of rotatable bonds is 4. The summed E-state index contributed by atoms with van der Waals surface area (Å²) in [4.78, 5) is 0. The molecule has 0 aliphatic heterocycles. The predicted octanol–water partition coefficient (Wildman–Crippen LogP) is -0.0140. The molecule has 0 aliphatic rings. The number of methoxy groups -OCH3 is 1. The van der Waals surface area contributed by atoms with Crippen molar-refractivity contribution in [1.82, 2.24) is 0 Å². The Morgan fingerprint density at radius 3 is 1.91 bits per heavy atom. The SMILES string of the molecule is COc1ccc(F)c(F)c1CC(C)(O)C(C)(C)O.OB(O)O. The molecule has 0 amide bonds. The van der Waals surface area contributed by atoms with Crippen LogP contribution in [-0.2, 0) is 6.42 Å². The maximum Gasteiger partial charge on any atom is 0.631 e. The summed E-state index contributed by atoms with van der Waals surface area (Å²) < 4.78 is 31.9. The van der Waals surface area contributed by atoms with Crippen molar-refractivity contribution in [3.05, 3.63) is 29.3 Å². The fourth-order valence-electron chi connectivity index (χ4n) is 1.49.